The van der Waals surface area contributed by atoms with Crippen molar-refractivity contribution in [2.45, 2.75) is 12.2 Å². The Kier molecular flexibility index (Phi) is 5.13. The van der Waals surface area contributed by atoms with Gasteiger partial charge >= 0.3 is 0 Å². The molecule has 0 saturated carbocycles. The minimum atomic E-state index is 0.392. The maximum Gasteiger partial charge on any atom is 0.104 e. The quantitative estimate of drug-likeness (QED) is 0.206. The van der Waals surface area contributed by atoms with Gasteiger partial charge in [0.25, 0.3) is 0 Å². The summed E-state index contributed by atoms with van der Waals surface area (Å²) in [4.78, 5) is 0. The second-order valence-corrected chi connectivity index (χ2v) is 9.41. The molecule has 0 bridgehead atoms. The molecule has 3 heteroatoms. The molecule has 6 aromatic carbocycles. The van der Waals surface area contributed by atoms with Crippen LogP contribution in [0, 0.1) is 0 Å². The molecular formula is C32H26O3. The monoisotopic (exact) mass is 458 g/mol. The van der Waals surface area contributed by atoms with Gasteiger partial charge in [-0.15, -0.1) is 0 Å². The van der Waals surface area contributed by atoms with Crippen LogP contribution in [0.1, 0.15) is 0 Å². The van der Waals surface area contributed by atoms with Crippen molar-refractivity contribution in [2.24, 2.45) is 0 Å². The van der Waals surface area contributed by atoms with Crippen LogP contribution in [0.2, 0.25) is 0 Å². The fourth-order valence-electron chi connectivity index (χ4n) is 5.15. The van der Waals surface area contributed by atoms with Crippen molar-refractivity contribution in [3.63, 3.8) is 0 Å². The van der Waals surface area contributed by atoms with Crippen molar-refractivity contribution in [3.8, 4) is 0 Å². The van der Waals surface area contributed by atoms with E-state index in [1.807, 2.05) is 0 Å². The van der Waals surface area contributed by atoms with Crippen LogP contribution in [0.4, 0.5) is 0 Å². The number of fused-ring (bicyclic) bond motifs is 10. The highest BCUT2D eigenvalue weighted by atomic mass is 16.6. The molecule has 2 saturated heterocycles. The van der Waals surface area contributed by atoms with Crippen molar-refractivity contribution in [1.29, 1.82) is 0 Å². The topological polar surface area (TPSA) is 34.3 Å². The first kappa shape index (κ1) is 20.8. The molecule has 2 aliphatic heterocycles. The molecule has 172 valence electrons. The fourth-order valence-corrected chi connectivity index (χ4v) is 5.15. The zero-order chi connectivity index (χ0) is 23.2. The Balaban J connectivity index is 0.000000196. The average Bonchev–Trinajstić information content (AvgIpc) is 3.85. The molecular weight excluding hydrogens is 432 g/mol. The zero-order valence-electron chi connectivity index (χ0n) is 19.4. The van der Waals surface area contributed by atoms with E-state index in [0.717, 1.165) is 26.4 Å². The van der Waals surface area contributed by atoms with Gasteiger partial charge in [0.1, 0.15) is 12.2 Å². The summed E-state index contributed by atoms with van der Waals surface area (Å²) in [7, 11) is 0. The molecule has 2 atom stereocenters. The van der Waals surface area contributed by atoms with Crippen LogP contribution < -0.4 is 0 Å². The van der Waals surface area contributed by atoms with Gasteiger partial charge in [0, 0.05) is 0 Å². The Bertz CT molecular complexity index is 1640. The van der Waals surface area contributed by atoms with Crippen LogP contribution >= 0.6 is 0 Å². The Morgan fingerprint density at radius 2 is 0.943 bits per heavy atom. The number of ether oxygens (including phenoxy) is 3. The third-order valence-corrected chi connectivity index (χ3v) is 7.03. The summed E-state index contributed by atoms with van der Waals surface area (Å²) in [5, 5.41) is 13.3. The maximum atomic E-state index is 5.23. The van der Waals surface area contributed by atoms with Gasteiger partial charge in [0.15, 0.2) is 0 Å². The first-order chi connectivity index (χ1) is 17.4. The number of hydrogen-bond donors (Lipinski definition) is 0. The van der Waals surface area contributed by atoms with Crippen molar-refractivity contribution in [1.82, 2.24) is 0 Å². The Labute approximate surface area is 203 Å². The van der Waals surface area contributed by atoms with E-state index in [1.165, 1.54) is 53.9 Å². The minimum Gasteiger partial charge on any atom is -0.376 e. The Hall–Kier alpha value is -3.50. The predicted molar refractivity (Wildman–Crippen MR) is 144 cm³/mol. The second-order valence-electron chi connectivity index (χ2n) is 9.41. The van der Waals surface area contributed by atoms with E-state index in [1.54, 1.807) is 0 Å². The second kappa shape index (κ2) is 8.62. The molecule has 2 unspecified atom stereocenters. The molecule has 0 N–H and O–H groups in total. The molecule has 0 aromatic heterocycles. The van der Waals surface area contributed by atoms with Gasteiger partial charge in [0.05, 0.1) is 26.4 Å². The maximum absolute atomic E-state index is 5.23. The third kappa shape index (κ3) is 3.92. The molecule has 2 aliphatic rings. The molecule has 0 amide bonds. The van der Waals surface area contributed by atoms with Gasteiger partial charge in [-0.2, -0.15) is 0 Å². The molecule has 2 fully saturated rings. The SMILES string of the molecule is C(OCC1CO1)C1CO1.c1ccc2c(c1)ccc1ccc3c4ccccc4c4ccccc4c3c12. The minimum absolute atomic E-state index is 0.392. The summed E-state index contributed by atoms with van der Waals surface area (Å²) in [5.41, 5.74) is 0. The van der Waals surface area contributed by atoms with Crippen LogP contribution in [0.15, 0.2) is 97.1 Å². The van der Waals surface area contributed by atoms with Crippen molar-refractivity contribution < 1.29 is 14.2 Å². The van der Waals surface area contributed by atoms with Gasteiger partial charge < -0.3 is 14.2 Å². The average molecular weight is 459 g/mol. The van der Waals surface area contributed by atoms with Crippen LogP contribution in [0.5, 0.6) is 0 Å². The highest BCUT2D eigenvalue weighted by Gasteiger charge is 2.26. The number of rotatable bonds is 4. The number of benzene rings is 6. The molecule has 35 heavy (non-hydrogen) atoms. The molecule has 3 nitrogen and oxygen atoms in total. The highest BCUT2D eigenvalue weighted by Crippen LogP contribution is 2.40. The van der Waals surface area contributed by atoms with E-state index in [4.69, 9.17) is 14.2 Å². The van der Waals surface area contributed by atoms with Crippen molar-refractivity contribution in [2.75, 3.05) is 26.4 Å². The largest absolute Gasteiger partial charge is 0.376 e. The standard InChI is InChI=1S/C26H16.C6H10O3/c1-2-8-19-17(7-1)13-14-18-15-16-24-22-11-4-3-9-20(22)21-10-5-6-12-23(21)26(24)25(18)19;1(5-3-8-5)7-2-6-4-9-6/h1-16H;5-6H,1-4H2. The van der Waals surface area contributed by atoms with Crippen LogP contribution in [-0.4, -0.2) is 38.6 Å². The summed E-state index contributed by atoms with van der Waals surface area (Å²) in [6.07, 6.45) is 0.785. The normalized spacial score (nSPS) is 18.7. The van der Waals surface area contributed by atoms with Gasteiger partial charge in [-0.3, -0.25) is 0 Å². The summed E-state index contributed by atoms with van der Waals surface area (Å²) >= 11 is 0. The van der Waals surface area contributed by atoms with E-state index in [0.29, 0.717) is 12.2 Å². The fraction of sp³-hybridized carbons (Fsp3) is 0.188. The number of epoxide rings is 2. The van der Waals surface area contributed by atoms with E-state index in [9.17, 15) is 0 Å². The number of hydrogen-bond acceptors (Lipinski definition) is 3. The van der Waals surface area contributed by atoms with Gasteiger partial charge in [0.2, 0.25) is 0 Å². The Morgan fingerprint density at radius 3 is 1.57 bits per heavy atom. The first-order valence-electron chi connectivity index (χ1n) is 12.3. The van der Waals surface area contributed by atoms with E-state index >= 15 is 0 Å². The molecule has 8 rings (SSSR count). The van der Waals surface area contributed by atoms with Crippen LogP contribution in [0.3, 0.4) is 0 Å². The molecule has 6 aromatic rings. The van der Waals surface area contributed by atoms with Crippen molar-refractivity contribution >= 4 is 53.9 Å². The van der Waals surface area contributed by atoms with E-state index < -0.39 is 0 Å². The molecule has 0 aliphatic carbocycles. The van der Waals surface area contributed by atoms with E-state index in [2.05, 4.69) is 97.1 Å². The van der Waals surface area contributed by atoms with Crippen LogP contribution in [-0.2, 0) is 14.2 Å². The van der Waals surface area contributed by atoms with Gasteiger partial charge in [-0.25, -0.2) is 0 Å². The zero-order valence-corrected chi connectivity index (χ0v) is 19.4. The first-order valence-corrected chi connectivity index (χ1v) is 12.3. The highest BCUT2D eigenvalue weighted by molar-refractivity contribution is 6.34. The van der Waals surface area contributed by atoms with Crippen LogP contribution in [0.25, 0.3) is 53.9 Å². The molecule has 2 heterocycles. The van der Waals surface area contributed by atoms with Gasteiger partial charge in [-0.1, -0.05) is 97.1 Å². The Morgan fingerprint density at radius 1 is 0.486 bits per heavy atom. The lowest BCUT2D eigenvalue weighted by molar-refractivity contribution is 0.102. The summed E-state index contributed by atoms with van der Waals surface area (Å²) in [5.74, 6) is 0. The lowest BCUT2D eigenvalue weighted by Gasteiger charge is -2.14. The smallest absolute Gasteiger partial charge is 0.104 e. The third-order valence-electron chi connectivity index (χ3n) is 7.03. The predicted octanol–water partition coefficient (Wildman–Crippen LogP) is 7.25. The summed E-state index contributed by atoms with van der Waals surface area (Å²) in [6.45, 7) is 3.26. The molecule has 0 radical (unpaired) electrons. The van der Waals surface area contributed by atoms with Crippen molar-refractivity contribution in [3.05, 3.63) is 97.1 Å². The van der Waals surface area contributed by atoms with Gasteiger partial charge in [-0.05, 0) is 53.9 Å². The molecule has 0 spiro atoms. The lowest BCUT2D eigenvalue weighted by Crippen LogP contribution is -2.06. The lowest BCUT2D eigenvalue weighted by atomic mass is 9.89. The summed E-state index contributed by atoms with van der Waals surface area (Å²) in [6, 6.07) is 35.3. The summed E-state index contributed by atoms with van der Waals surface area (Å²) < 4.78 is 15.1. The van der Waals surface area contributed by atoms with E-state index in [-0.39, 0.29) is 0 Å².